The summed E-state index contributed by atoms with van der Waals surface area (Å²) < 4.78 is 0.694. The molecule has 0 unspecified atom stereocenters. The van der Waals surface area contributed by atoms with Crippen molar-refractivity contribution >= 4 is 23.0 Å². The first kappa shape index (κ1) is 17.3. The number of hydroxylamine groups is 3. The average Bonchev–Trinajstić information content (AvgIpc) is 2.78. The van der Waals surface area contributed by atoms with Crippen molar-refractivity contribution in [3.8, 4) is 0 Å². The van der Waals surface area contributed by atoms with E-state index in [1.807, 2.05) is 0 Å². The van der Waals surface area contributed by atoms with E-state index in [4.69, 9.17) is 11.6 Å². The zero-order valence-electron chi connectivity index (χ0n) is 13.6. The van der Waals surface area contributed by atoms with Crippen molar-refractivity contribution < 1.29 is 14.9 Å². The first-order chi connectivity index (χ1) is 11.8. The van der Waals surface area contributed by atoms with E-state index in [-0.39, 0.29) is 5.69 Å². The third-order valence-electron chi connectivity index (χ3n) is 4.57. The van der Waals surface area contributed by atoms with Crippen LogP contribution in [0.25, 0.3) is 0 Å². The Balaban J connectivity index is 2.16. The third kappa shape index (κ3) is 2.66. The van der Waals surface area contributed by atoms with Gasteiger partial charge >= 0.3 is 0 Å². The number of halogens is 1. The maximum absolute atomic E-state index is 13.1. The van der Waals surface area contributed by atoms with Crippen LogP contribution >= 0.6 is 11.6 Å². The summed E-state index contributed by atoms with van der Waals surface area (Å²) in [5.41, 5.74) is -0.322. The minimum atomic E-state index is -1.49. The Bertz CT molecular complexity index is 868. The third-order valence-corrected chi connectivity index (χ3v) is 4.82. The molecule has 0 aromatic heterocycles. The van der Waals surface area contributed by atoms with Gasteiger partial charge in [-0.3, -0.25) is 10.1 Å². The topological polar surface area (TPSA) is 92.7 Å². The van der Waals surface area contributed by atoms with Gasteiger partial charge in [-0.2, -0.15) is 4.74 Å². The van der Waals surface area contributed by atoms with Crippen molar-refractivity contribution in [2.45, 2.75) is 25.6 Å². The summed E-state index contributed by atoms with van der Waals surface area (Å²) in [6.45, 7) is 3.22. The van der Waals surface area contributed by atoms with Gasteiger partial charge in [-0.05, 0) is 37.3 Å². The molecule has 7 nitrogen and oxygen atoms in total. The molecule has 0 spiro atoms. The minimum absolute atomic E-state index is 0.145. The molecule has 25 heavy (non-hydrogen) atoms. The van der Waals surface area contributed by atoms with Gasteiger partial charge in [-0.15, -0.1) is 5.06 Å². The van der Waals surface area contributed by atoms with Crippen LogP contribution < -0.4 is 0 Å². The summed E-state index contributed by atoms with van der Waals surface area (Å²) in [6.07, 6.45) is 0. The largest absolute Gasteiger partial charge is 0.622 e. The smallest absolute Gasteiger partial charge is 0.274 e. The van der Waals surface area contributed by atoms with E-state index in [1.54, 1.807) is 37.3 Å². The second-order valence-corrected chi connectivity index (χ2v) is 6.47. The molecule has 2 aromatic rings. The molecule has 0 fully saturated rings. The molecule has 0 radical (unpaired) electrons. The van der Waals surface area contributed by atoms with E-state index >= 15 is 0 Å². The second-order valence-electron chi connectivity index (χ2n) is 6.04. The predicted octanol–water partition coefficient (Wildman–Crippen LogP) is 3.51. The fraction of sp³-hybridized carbons (Fsp3) is 0.235. The van der Waals surface area contributed by atoms with Crippen LogP contribution in [-0.4, -0.2) is 31.7 Å². The van der Waals surface area contributed by atoms with Gasteiger partial charge < -0.3 is 10.4 Å². The lowest BCUT2D eigenvalue weighted by Gasteiger charge is -2.29. The standard InChI is InChI=1S/C17H16ClN3O4/c1-11-16(12-6-8-14(18)9-7-12)20(23)17(2,19(11)22)13-4-3-5-15(10-13)21(24)25/h3-11,22H,1-2H3/t11-,17+/m0/s1. The van der Waals surface area contributed by atoms with E-state index in [0.717, 1.165) is 5.06 Å². The molecule has 0 bridgehead atoms. The Labute approximate surface area is 149 Å². The van der Waals surface area contributed by atoms with E-state index in [1.165, 1.54) is 25.1 Å². The van der Waals surface area contributed by atoms with Gasteiger partial charge in [0.25, 0.3) is 11.4 Å². The molecule has 1 heterocycles. The Hall–Kier alpha value is -2.48. The van der Waals surface area contributed by atoms with E-state index in [2.05, 4.69) is 0 Å². The first-order valence-electron chi connectivity index (χ1n) is 7.60. The summed E-state index contributed by atoms with van der Waals surface area (Å²) in [7, 11) is 0. The van der Waals surface area contributed by atoms with Gasteiger partial charge in [0.2, 0.25) is 5.71 Å². The van der Waals surface area contributed by atoms with Gasteiger partial charge in [0.15, 0.2) is 0 Å². The quantitative estimate of drug-likeness (QED) is 0.391. The zero-order chi connectivity index (χ0) is 18.4. The van der Waals surface area contributed by atoms with Crippen LogP contribution in [0.2, 0.25) is 5.02 Å². The molecule has 2 aromatic carbocycles. The summed E-state index contributed by atoms with van der Waals surface area (Å²) in [5.74, 6) is 0. The number of benzene rings is 2. The highest BCUT2D eigenvalue weighted by molar-refractivity contribution is 6.30. The molecule has 0 amide bonds. The lowest BCUT2D eigenvalue weighted by atomic mass is 10.0. The molecule has 0 saturated carbocycles. The number of hydrogen-bond donors (Lipinski definition) is 1. The molecule has 3 rings (SSSR count). The molecular formula is C17H16ClN3O4. The van der Waals surface area contributed by atoms with Crippen LogP contribution in [0.5, 0.6) is 0 Å². The zero-order valence-corrected chi connectivity index (χ0v) is 14.3. The summed E-state index contributed by atoms with van der Waals surface area (Å²) >= 11 is 5.89. The number of nitrogens with zero attached hydrogens (tertiary/aromatic N) is 3. The van der Waals surface area contributed by atoms with Gasteiger partial charge in [0.1, 0.15) is 6.04 Å². The van der Waals surface area contributed by atoms with Crippen LogP contribution in [0.3, 0.4) is 0 Å². The van der Waals surface area contributed by atoms with Crippen LogP contribution in [0, 0.1) is 15.3 Å². The van der Waals surface area contributed by atoms with E-state index < -0.39 is 16.6 Å². The fourth-order valence-electron chi connectivity index (χ4n) is 3.13. The summed E-state index contributed by atoms with van der Waals surface area (Å²) in [4.78, 5) is 10.5. The first-order valence-corrected chi connectivity index (χ1v) is 7.98. The van der Waals surface area contributed by atoms with Crippen LogP contribution in [0.1, 0.15) is 25.0 Å². The van der Waals surface area contributed by atoms with E-state index in [0.29, 0.717) is 26.6 Å². The maximum atomic E-state index is 13.1. The molecule has 2 atom stereocenters. The number of hydrogen-bond acceptors (Lipinski definition) is 5. The lowest BCUT2D eigenvalue weighted by molar-refractivity contribution is -0.595. The molecule has 0 aliphatic carbocycles. The Kier molecular flexibility index (Phi) is 4.24. The van der Waals surface area contributed by atoms with Gasteiger partial charge in [-0.25, -0.2) is 0 Å². The Morgan fingerprint density at radius 2 is 1.92 bits per heavy atom. The maximum Gasteiger partial charge on any atom is 0.274 e. The molecule has 130 valence electrons. The van der Waals surface area contributed by atoms with Crippen LogP contribution in [-0.2, 0) is 5.66 Å². The highest BCUT2D eigenvalue weighted by atomic mass is 35.5. The summed E-state index contributed by atoms with van der Waals surface area (Å²) in [5, 5.41) is 36.2. The van der Waals surface area contributed by atoms with Crippen LogP contribution in [0.4, 0.5) is 5.69 Å². The lowest BCUT2D eigenvalue weighted by Crippen LogP contribution is -2.45. The molecule has 1 aliphatic heterocycles. The molecule has 8 heteroatoms. The number of rotatable bonds is 3. The summed E-state index contributed by atoms with van der Waals surface area (Å²) in [6, 6.07) is 11.8. The predicted molar refractivity (Wildman–Crippen MR) is 92.7 cm³/mol. The van der Waals surface area contributed by atoms with Crippen molar-refractivity contribution in [2.75, 3.05) is 0 Å². The van der Waals surface area contributed by atoms with E-state index in [9.17, 15) is 20.5 Å². The monoisotopic (exact) mass is 361 g/mol. The highest BCUT2D eigenvalue weighted by Gasteiger charge is 2.54. The fourth-order valence-corrected chi connectivity index (χ4v) is 3.26. The van der Waals surface area contributed by atoms with Crippen molar-refractivity contribution in [3.63, 3.8) is 0 Å². The normalized spacial score (nSPS) is 23.9. The SMILES string of the molecule is C[C@H]1C(c2ccc(Cl)cc2)=[N+]([O-])[C@](C)(c2cccc([N+](=O)[O-])c2)N1O. The Morgan fingerprint density at radius 3 is 2.52 bits per heavy atom. The second kappa shape index (κ2) is 6.11. The van der Waals surface area contributed by atoms with Gasteiger partial charge in [0, 0.05) is 35.2 Å². The van der Waals surface area contributed by atoms with Crippen molar-refractivity contribution in [1.29, 1.82) is 0 Å². The van der Waals surface area contributed by atoms with Gasteiger partial charge in [0.05, 0.1) is 4.92 Å². The number of nitro groups is 1. The number of non-ortho nitro benzene ring substituents is 1. The molecule has 1 N–H and O–H groups in total. The van der Waals surface area contributed by atoms with Crippen LogP contribution in [0.15, 0.2) is 48.5 Å². The Morgan fingerprint density at radius 1 is 1.28 bits per heavy atom. The highest BCUT2D eigenvalue weighted by Crippen LogP contribution is 2.37. The average molecular weight is 362 g/mol. The van der Waals surface area contributed by atoms with Crippen molar-refractivity contribution in [2.24, 2.45) is 0 Å². The molecule has 0 saturated heterocycles. The van der Waals surface area contributed by atoms with Crippen molar-refractivity contribution in [3.05, 3.63) is 80.0 Å². The molecular weight excluding hydrogens is 346 g/mol. The number of nitro benzene ring substituents is 1. The molecule has 1 aliphatic rings. The minimum Gasteiger partial charge on any atom is -0.622 e. The van der Waals surface area contributed by atoms with Gasteiger partial charge in [-0.1, -0.05) is 17.7 Å². The van der Waals surface area contributed by atoms with Crippen molar-refractivity contribution in [1.82, 2.24) is 5.06 Å².